The van der Waals surface area contributed by atoms with E-state index in [2.05, 4.69) is 31.3 Å². The molecule has 0 spiro atoms. The number of hydrogen-bond acceptors (Lipinski definition) is 3. The van der Waals surface area contributed by atoms with Gasteiger partial charge in [-0.15, -0.1) is 11.8 Å². The van der Waals surface area contributed by atoms with Crippen LogP contribution in [0.3, 0.4) is 0 Å². The second-order valence-electron chi connectivity index (χ2n) is 5.30. The van der Waals surface area contributed by atoms with E-state index in [9.17, 15) is 4.79 Å². The summed E-state index contributed by atoms with van der Waals surface area (Å²) in [5.41, 5.74) is 1.22. The zero-order valence-electron chi connectivity index (χ0n) is 12.6. The minimum Gasteiger partial charge on any atom is -0.396 e. The number of rotatable bonds is 8. The van der Waals surface area contributed by atoms with Crippen molar-refractivity contribution in [2.45, 2.75) is 44.6 Å². The van der Waals surface area contributed by atoms with Crippen molar-refractivity contribution >= 4 is 17.7 Å². The predicted octanol–water partition coefficient (Wildman–Crippen LogP) is 3.00. The molecule has 1 rings (SSSR count). The van der Waals surface area contributed by atoms with Crippen LogP contribution in [0.15, 0.2) is 29.2 Å². The van der Waals surface area contributed by atoms with Gasteiger partial charge in [-0.05, 0) is 37.8 Å². The van der Waals surface area contributed by atoms with Gasteiger partial charge in [-0.2, -0.15) is 0 Å². The Morgan fingerprint density at radius 1 is 1.35 bits per heavy atom. The van der Waals surface area contributed by atoms with Gasteiger partial charge in [0.2, 0.25) is 5.91 Å². The number of aliphatic hydroxyl groups excluding tert-OH is 1. The molecule has 0 radical (unpaired) electrons. The lowest BCUT2D eigenvalue weighted by Gasteiger charge is -2.19. The van der Waals surface area contributed by atoms with Gasteiger partial charge in [0, 0.05) is 17.5 Å². The quantitative estimate of drug-likeness (QED) is 0.725. The van der Waals surface area contributed by atoms with Crippen LogP contribution in [-0.2, 0) is 4.79 Å². The number of amides is 1. The lowest BCUT2D eigenvalue weighted by molar-refractivity contribution is -0.119. The van der Waals surface area contributed by atoms with Gasteiger partial charge in [0.25, 0.3) is 0 Å². The maximum atomic E-state index is 11.9. The van der Waals surface area contributed by atoms with Crippen LogP contribution in [0.25, 0.3) is 0 Å². The number of hydrogen-bond donors (Lipinski definition) is 2. The van der Waals surface area contributed by atoms with Gasteiger partial charge in [-0.1, -0.05) is 31.5 Å². The van der Waals surface area contributed by atoms with E-state index in [4.69, 9.17) is 5.11 Å². The first-order valence-corrected chi connectivity index (χ1v) is 8.13. The van der Waals surface area contributed by atoms with E-state index in [1.807, 2.05) is 19.1 Å². The van der Waals surface area contributed by atoms with Gasteiger partial charge in [-0.25, -0.2) is 0 Å². The molecule has 1 aromatic carbocycles. The third-order valence-corrected chi connectivity index (χ3v) is 4.26. The van der Waals surface area contributed by atoms with Crippen LogP contribution in [-0.4, -0.2) is 29.4 Å². The molecule has 0 bridgehead atoms. The number of carbonyl (C=O) groups is 1. The molecule has 0 aliphatic carbocycles. The highest BCUT2D eigenvalue weighted by Crippen LogP contribution is 2.18. The average Bonchev–Trinajstić information content (AvgIpc) is 2.45. The molecule has 0 fully saturated rings. The average molecular weight is 295 g/mol. The Labute approximate surface area is 126 Å². The normalized spacial score (nSPS) is 13.8. The number of benzene rings is 1. The van der Waals surface area contributed by atoms with E-state index < -0.39 is 0 Å². The molecule has 0 aliphatic heterocycles. The molecule has 0 heterocycles. The van der Waals surface area contributed by atoms with Crippen LogP contribution in [0.2, 0.25) is 0 Å². The van der Waals surface area contributed by atoms with Crippen molar-refractivity contribution in [2.24, 2.45) is 5.92 Å². The smallest absolute Gasteiger partial charge is 0.230 e. The molecule has 0 saturated carbocycles. The second-order valence-corrected chi connectivity index (χ2v) is 6.35. The summed E-state index contributed by atoms with van der Waals surface area (Å²) in [7, 11) is 0. The number of carbonyl (C=O) groups excluding carboxylic acids is 1. The maximum absolute atomic E-state index is 11.9. The summed E-state index contributed by atoms with van der Waals surface area (Å²) in [6.07, 6.45) is 1.72. The molecule has 3 nitrogen and oxygen atoms in total. The Hall–Kier alpha value is -1.00. The van der Waals surface area contributed by atoms with Gasteiger partial charge >= 0.3 is 0 Å². The molecule has 2 N–H and O–H groups in total. The predicted molar refractivity (Wildman–Crippen MR) is 85.0 cm³/mol. The van der Waals surface area contributed by atoms with Crippen molar-refractivity contribution in [3.8, 4) is 0 Å². The number of aryl methyl sites for hydroxylation is 1. The van der Waals surface area contributed by atoms with E-state index in [1.54, 1.807) is 11.8 Å². The highest BCUT2D eigenvalue weighted by atomic mass is 32.2. The van der Waals surface area contributed by atoms with Gasteiger partial charge in [0.15, 0.2) is 0 Å². The Bertz CT molecular complexity index is 405. The molecule has 1 amide bonds. The second kappa shape index (κ2) is 9.03. The van der Waals surface area contributed by atoms with Crippen LogP contribution in [0, 0.1) is 12.8 Å². The maximum Gasteiger partial charge on any atom is 0.230 e. The standard InChI is InChI=1S/C16H25NO2S/c1-4-14(9-13(3)10-18)17-16(19)11-20-15-7-5-12(2)6-8-15/h5-8,13-14,18H,4,9-11H2,1-3H3,(H,17,19). The van der Waals surface area contributed by atoms with Crippen LogP contribution >= 0.6 is 11.8 Å². The lowest BCUT2D eigenvalue weighted by Crippen LogP contribution is -2.37. The lowest BCUT2D eigenvalue weighted by atomic mass is 10.0. The molecule has 1 aromatic rings. The van der Waals surface area contributed by atoms with Gasteiger partial charge < -0.3 is 10.4 Å². The van der Waals surface area contributed by atoms with E-state index in [0.717, 1.165) is 17.7 Å². The first-order chi connectivity index (χ1) is 9.55. The highest BCUT2D eigenvalue weighted by molar-refractivity contribution is 8.00. The number of thioether (sulfide) groups is 1. The van der Waals surface area contributed by atoms with Crippen LogP contribution < -0.4 is 5.32 Å². The Morgan fingerprint density at radius 2 is 2.00 bits per heavy atom. The molecular weight excluding hydrogens is 270 g/mol. The summed E-state index contributed by atoms with van der Waals surface area (Å²) in [6, 6.07) is 8.34. The molecule has 2 atom stereocenters. The van der Waals surface area contributed by atoms with Crippen molar-refractivity contribution in [2.75, 3.05) is 12.4 Å². The molecule has 4 heteroatoms. The summed E-state index contributed by atoms with van der Waals surface area (Å²) >= 11 is 1.55. The Kier molecular flexibility index (Phi) is 7.70. The minimum absolute atomic E-state index is 0.0626. The number of aliphatic hydroxyl groups is 1. The van der Waals surface area contributed by atoms with Crippen molar-refractivity contribution in [1.82, 2.24) is 5.32 Å². The Morgan fingerprint density at radius 3 is 2.55 bits per heavy atom. The van der Waals surface area contributed by atoms with Gasteiger partial charge in [0.1, 0.15) is 0 Å². The molecule has 0 aliphatic rings. The van der Waals surface area contributed by atoms with Crippen molar-refractivity contribution in [3.63, 3.8) is 0 Å². The van der Waals surface area contributed by atoms with Crippen molar-refractivity contribution < 1.29 is 9.90 Å². The number of nitrogens with one attached hydrogen (secondary N) is 1. The first-order valence-electron chi connectivity index (χ1n) is 7.14. The van der Waals surface area contributed by atoms with Crippen molar-refractivity contribution in [1.29, 1.82) is 0 Å². The molecule has 0 aromatic heterocycles. The third kappa shape index (κ3) is 6.44. The van der Waals surface area contributed by atoms with E-state index in [-0.39, 0.29) is 24.5 Å². The van der Waals surface area contributed by atoms with Crippen LogP contribution in [0.1, 0.15) is 32.3 Å². The summed E-state index contributed by atoms with van der Waals surface area (Å²) in [5.74, 6) is 0.727. The van der Waals surface area contributed by atoms with E-state index in [0.29, 0.717) is 5.75 Å². The summed E-state index contributed by atoms with van der Waals surface area (Å²) in [6.45, 7) is 6.28. The monoisotopic (exact) mass is 295 g/mol. The SMILES string of the molecule is CCC(CC(C)CO)NC(=O)CSc1ccc(C)cc1. The topological polar surface area (TPSA) is 49.3 Å². The van der Waals surface area contributed by atoms with E-state index >= 15 is 0 Å². The molecule has 0 saturated heterocycles. The Balaban J connectivity index is 2.36. The van der Waals surface area contributed by atoms with Crippen molar-refractivity contribution in [3.05, 3.63) is 29.8 Å². The zero-order chi connectivity index (χ0) is 15.0. The first kappa shape index (κ1) is 17.1. The largest absolute Gasteiger partial charge is 0.396 e. The van der Waals surface area contributed by atoms with Gasteiger partial charge in [-0.3, -0.25) is 4.79 Å². The fraction of sp³-hybridized carbons (Fsp3) is 0.562. The molecule has 2 unspecified atom stereocenters. The molecular formula is C16H25NO2S. The van der Waals surface area contributed by atoms with Crippen LogP contribution in [0.4, 0.5) is 0 Å². The molecule has 112 valence electrons. The van der Waals surface area contributed by atoms with Crippen LogP contribution in [0.5, 0.6) is 0 Å². The van der Waals surface area contributed by atoms with Gasteiger partial charge in [0.05, 0.1) is 5.75 Å². The summed E-state index contributed by atoms with van der Waals surface area (Å²) < 4.78 is 0. The zero-order valence-corrected chi connectivity index (χ0v) is 13.4. The molecule has 20 heavy (non-hydrogen) atoms. The third-order valence-electron chi connectivity index (χ3n) is 3.25. The fourth-order valence-electron chi connectivity index (χ4n) is 1.94. The fourth-order valence-corrected chi connectivity index (χ4v) is 2.65. The summed E-state index contributed by atoms with van der Waals surface area (Å²) in [5, 5.41) is 12.1. The van der Waals surface area contributed by atoms with E-state index in [1.165, 1.54) is 5.56 Å². The minimum atomic E-state index is 0.0626. The highest BCUT2D eigenvalue weighted by Gasteiger charge is 2.13. The summed E-state index contributed by atoms with van der Waals surface area (Å²) in [4.78, 5) is 13.0.